The van der Waals surface area contributed by atoms with Crippen molar-refractivity contribution in [3.05, 3.63) is 53.1 Å². The van der Waals surface area contributed by atoms with E-state index in [0.717, 1.165) is 18.4 Å². The topological polar surface area (TPSA) is 77.1 Å². The second-order valence-electron chi connectivity index (χ2n) is 8.47. The van der Waals surface area contributed by atoms with Gasteiger partial charge in [0, 0.05) is 25.2 Å². The number of rotatable bonds is 7. The van der Waals surface area contributed by atoms with Crippen LogP contribution in [0.2, 0.25) is 0 Å². The molecule has 0 aliphatic carbocycles. The van der Waals surface area contributed by atoms with Crippen LogP contribution in [0.5, 0.6) is 17.2 Å². The maximum absolute atomic E-state index is 13.3. The minimum Gasteiger partial charge on any atom is -0.493 e. The fourth-order valence-corrected chi connectivity index (χ4v) is 4.09. The maximum Gasteiger partial charge on any atom is 0.254 e. The lowest BCUT2D eigenvalue weighted by Crippen LogP contribution is -2.51. The Morgan fingerprint density at radius 1 is 1.03 bits per heavy atom. The number of benzene rings is 2. The summed E-state index contributed by atoms with van der Waals surface area (Å²) in [5, 5.41) is 3.05. The Balaban J connectivity index is 1.73. The van der Waals surface area contributed by atoms with Crippen molar-refractivity contribution in [2.24, 2.45) is 5.41 Å². The molecule has 1 atom stereocenters. The molecule has 1 N–H and O–H groups in total. The molecule has 32 heavy (non-hydrogen) atoms. The first-order valence-electron chi connectivity index (χ1n) is 10.7. The van der Waals surface area contributed by atoms with Gasteiger partial charge in [0.15, 0.2) is 11.5 Å². The van der Waals surface area contributed by atoms with Gasteiger partial charge in [0.1, 0.15) is 0 Å². The van der Waals surface area contributed by atoms with Gasteiger partial charge in [-0.3, -0.25) is 9.59 Å². The van der Waals surface area contributed by atoms with Crippen LogP contribution in [-0.2, 0) is 11.3 Å². The van der Waals surface area contributed by atoms with Crippen LogP contribution in [0.25, 0.3) is 0 Å². The largest absolute Gasteiger partial charge is 0.493 e. The molecule has 0 unspecified atom stereocenters. The van der Waals surface area contributed by atoms with Crippen molar-refractivity contribution >= 4 is 11.8 Å². The van der Waals surface area contributed by atoms with Crippen molar-refractivity contribution < 1.29 is 23.8 Å². The molecule has 0 saturated carbocycles. The zero-order valence-corrected chi connectivity index (χ0v) is 19.5. The predicted octanol–water partition coefficient (Wildman–Crippen LogP) is 3.58. The summed E-state index contributed by atoms with van der Waals surface area (Å²) in [6.45, 7) is 5.37. The van der Waals surface area contributed by atoms with Gasteiger partial charge < -0.3 is 24.4 Å². The summed E-state index contributed by atoms with van der Waals surface area (Å²) in [4.78, 5) is 28.1. The summed E-state index contributed by atoms with van der Waals surface area (Å²) in [5.74, 6) is 1.07. The number of carbonyl (C=O) groups is 2. The minimum absolute atomic E-state index is 0.0412. The van der Waals surface area contributed by atoms with E-state index in [1.807, 2.05) is 38.1 Å². The Morgan fingerprint density at radius 3 is 2.22 bits per heavy atom. The first-order chi connectivity index (χ1) is 15.3. The van der Waals surface area contributed by atoms with Gasteiger partial charge >= 0.3 is 0 Å². The van der Waals surface area contributed by atoms with Gasteiger partial charge in [-0.15, -0.1) is 0 Å². The average molecular weight is 441 g/mol. The summed E-state index contributed by atoms with van der Waals surface area (Å²) in [7, 11) is 4.55. The number of piperidine rings is 1. The van der Waals surface area contributed by atoms with E-state index in [1.54, 1.807) is 17.0 Å². The highest BCUT2D eigenvalue weighted by Crippen LogP contribution is 2.39. The van der Waals surface area contributed by atoms with Crippen LogP contribution in [0.3, 0.4) is 0 Å². The molecule has 2 aromatic carbocycles. The molecule has 0 bridgehead atoms. The van der Waals surface area contributed by atoms with Crippen LogP contribution in [0, 0.1) is 12.3 Å². The van der Waals surface area contributed by atoms with E-state index in [2.05, 4.69) is 5.32 Å². The number of nitrogens with one attached hydrogen (secondary N) is 1. The number of hydrogen-bond donors (Lipinski definition) is 1. The van der Waals surface area contributed by atoms with E-state index in [9.17, 15) is 9.59 Å². The monoisotopic (exact) mass is 440 g/mol. The number of carbonyl (C=O) groups excluding carboxylic acids is 2. The fourth-order valence-electron chi connectivity index (χ4n) is 4.09. The quantitative estimate of drug-likeness (QED) is 0.712. The molecule has 7 heteroatoms. The van der Waals surface area contributed by atoms with E-state index in [-0.39, 0.29) is 11.8 Å². The molecule has 1 fully saturated rings. The van der Waals surface area contributed by atoms with Crippen molar-refractivity contribution in [2.45, 2.75) is 33.2 Å². The molecule has 3 rings (SSSR count). The summed E-state index contributed by atoms with van der Waals surface area (Å²) >= 11 is 0. The lowest BCUT2D eigenvalue weighted by molar-refractivity contribution is -0.132. The van der Waals surface area contributed by atoms with Crippen molar-refractivity contribution in [1.82, 2.24) is 10.2 Å². The maximum atomic E-state index is 13.3. The third-order valence-electron chi connectivity index (χ3n) is 6.02. The second-order valence-corrected chi connectivity index (χ2v) is 8.47. The highest BCUT2D eigenvalue weighted by Gasteiger charge is 2.39. The van der Waals surface area contributed by atoms with Crippen LogP contribution in [-0.4, -0.2) is 51.1 Å². The van der Waals surface area contributed by atoms with Gasteiger partial charge in [-0.1, -0.05) is 29.8 Å². The molecule has 7 nitrogen and oxygen atoms in total. The Morgan fingerprint density at radius 2 is 1.66 bits per heavy atom. The number of methoxy groups -OCH3 is 3. The summed E-state index contributed by atoms with van der Waals surface area (Å²) in [6, 6.07) is 11.4. The van der Waals surface area contributed by atoms with E-state index in [1.165, 1.54) is 26.9 Å². The van der Waals surface area contributed by atoms with Crippen LogP contribution < -0.4 is 19.5 Å². The van der Waals surface area contributed by atoms with E-state index in [0.29, 0.717) is 42.4 Å². The van der Waals surface area contributed by atoms with Gasteiger partial charge in [-0.2, -0.15) is 0 Å². The van der Waals surface area contributed by atoms with Crippen molar-refractivity contribution in [3.63, 3.8) is 0 Å². The molecule has 0 radical (unpaired) electrons. The molecule has 0 spiro atoms. The lowest BCUT2D eigenvalue weighted by Gasteiger charge is -2.39. The predicted molar refractivity (Wildman–Crippen MR) is 122 cm³/mol. The van der Waals surface area contributed by atoms with E-state index >= 15 is 0 Å². The van der Waals surface area contributed by atoms with Crippen molar-refractivity contribution in [3.8, 4) is 17.2 Å². The SMILES string of the molecule is COc1cc(C(=O)N2CCC[C@@](C)(C(=O)NCc3ccc(C)cc3)C2)cc(OC)c1OC. The highest BCUT2D eigenvalue weighted by molar-refractivity contribution is 5.96. The lowest BCUT2D eigenvalue weighted by atomic mass is 9.80. The first-order valence-corrected chi connectivity index (χ1v) is 10.7. The number of hydrogen-bond acceptors (Lipinski definition) is 5. The molecule has 1 heterocycles. The van der Waals surface area contributed by atoms with Crippen LogP contribution in [0.1, 0.15) is 41.3 Å². The zero-order chi connectivity index (χ0) is 23.3. The number of aryl methyl sites for hydroxylation is 1. The Bertz CT molecular complexity index is 948. The zero-order valence-electron chi connectivity index (χ0n) is 19.5. The Labute approximate surface area is 189 Å². The van der Waals surface area contributed by atoms with Crippen LogP contribution >= 0.6 is 0 Å². The molecular weight excluding hydrogens is 408 g/mol. The average Bonchev–Trinajstić information content (AvgIpc) is 2.81. The smallest absolute Gasteiger partial charge is 0.254 e. The molecule has 1 saturated heterocycles. The standard InChI is InChI=1S/C25H32N2O5/c1-17-7-9-18(10-8-17)15-26-24(29)25(2)11-6-12-27(16-25)23(28)19-13-20(30-3)22(32-5)21(14-19)31-4/h7-10,13-14H,6,11-12,15-16H2,1-5H3,(H,26,29)/t25-/m1/s1. The molecule has 2 amide bonds. The third kappa shape index (κ3) is 4.98. The summed E-state index contributed by atoms with van der Waals surface area (Å²) < 4.78 is 16.1. The van der Waals surface area contributed by atoms with Gasteiger partial charge in [0.05, 0.1) is 26.7 Å². The first kappa shape index (κ1) is 23.4. The normalized spacial score (nSPS) is 18.1. The van der Waals surface area contributed by atoms with Gasteiger partial charge in [0.25, 0.3) is 5.91 Å². The van der Waals surface area contributed by atoms with Crippen molar-refractivity contribution in [2.75, 3.05) is 34.4 Å². The minimum atomic E-state index is -0.654. The molecular formula is C25H32N2O5. The molecule has 0 aromatic heterocycles. The van der Waals surface area contributed by atoms with Crippen LogP contribution in [0.15, 0.2) is 36.4 Å². The van der Waals surface area contributed by atoms with E-state index < -0.39 is 5.41 Å². The number of nitrogens with zero attached hydrogens (tertiary/aromatic N) is 1. The van der Waals surface area contributed by atoms with Gasteiger partial charge in [-0.05, 0) is 44.4 Å². The Hall–Kier alpha value is -3.22. The molecule has 172 valence electrons. The van der Waals surface area contributed by atoms with Gasteiger partial charge in [0.2, 0.25) is 11.7 Å². The summed E-state index contributed by atoms with van der Waals surface area (Å²) in [6.07, 6.45) is 1.48. The van der Waals surface area contributed by atoms with Crippen LogP contribution in [0.4, 0.5) is 0 Å². The van der Waals surface area contributed by atoms with Gasteiger partial charge in [-0.25, -0.2) is 0 Å². The number of amides is 2. The highest BCUT2D eigenvalue weighted by atomic mass is 16.5. The molecule has 1 aliphatic rings. The number of ether oxygens (including phenoxy) is 3. The molecule has 2 aromatic rings. The Kier molecular flexibility index (Phi) is 7.28. The number of likely N-dealkylation sites (tertiary alicyclic amines) is 1. The molecule has 1 aliphatic heterocycles. The van der Waals surface area contributed by atoms with E-state index in [4.69, 9.17) is 14.2 Å². The third-order valence-corrected chi connectivity index (χ3v) is 6.02. The summed E-state index contributed by atoms with van der Waals surface area (Å²) in [5.41, 5.74) is 2.01. The second kappa shape index (κ2) is 9.94. The fraction of sp³-hybridized carbons (Fsp3) is 0.440. The van der Waals surface area contributed by atoms with Crippen molar-refractivity contribution in [1.29, 1.82) is 0 Å².